The summed E-state index contributed by atoms with van der Waals surface area (Å²) in [6, 6.07) is 6.51. The molecule has 1 rings (SSSR count). The average Bonchev–Trinajstić information content (AvgIpc) is 2.38. The molecule has 0 aliphatic rings. The molecular formula is C13H20ClN3O2S. The molecule has 0 spiro atoms. The molecule has 5 nitrogen and oxygen atoms in total. The molecule has 0 bridgehead atoms. The van der Waals surface area contributed by atoms with Crippen LogP contribution in [0.25, 0.3) is 0 Å². The summed E-state index contributed by atoms with van der Waals surface area (Å²) in [6.45, 7) is 5.60. The van der Waals surface area contributed by atoms with Crippen LogP contribution >= 0.6 is 12.4 Å². The molecule has 7 heteroatoms. The number of aryl methyl sites for hydroxylation is 1. The van der Waals surface area contributed by atoms with Crippen LogP contribution in [-0.4, -0.2) is 28.1 Å². The largest absolute Gasteiger partial charge is 0.315 e. The van der Waals surface area contributed by atoms with Crippen molar-refractivity contribution >= 4 is 22.4 Å². The van der Waals surface area contributed by atoms with Crippen LogP contribution in [-0.2, 0) is 10.0 Å². The van der Waals surface area contributed by atoms with Crippen LogP contribution in [0.15, 0.2) is 23.1 Å². The lowest BCUT2D eigenvalue weighted by atomic mass is 10.1. The zero-order valence-corrected chi connectivity index (χ0v) is 13.3. The summed E-state index contributed by atoms with van der Waals surface area (Å²) in [7, 11) is -3.49. The highest BCUT2D eigenvalue weighted by atomic mass is 35.5. The van der Waals surface area contributed by atoms with E-state index in [2.05, 4.69) is 17.0 Å². The summed E-state index contributed by atoms with van der Waals surface area (Å²) in [6.07, 6.45) is 1.02. The first kappa shape index (κ1) is 18.9. The number of rotatable bonds is 7. The highest BCUT2D eigenvalue weighted by Gasteiger charge is 2.14. The lowest BCUT2D eigenvalue weighted by molar-refractivity contribution is 0.575. The van der Waals surface area contributed by atoms with Crippen molar-refractivity contribution in [1.82, 2.24) is 10.0 Å². The van der Waals surface area contributed by atoms with E-state index in [4.69, 9.17) is 5.26 Å². The first-order chi connectivity index (χ1) is 9.01. The lowest BCUT2D eigenvalue weighted by Gasteiger charge is -2.08. The van der Waals surface area contributed by atoms with Crippen LogP contribution in [0.3, 0.4) is 0 Å². The Labute approximate surface area is 126 Å². The predicted octanol–water partition coefficient (Wildman–Crippen LogP) is 1.57. The lowest BCUT2D eigenvalue weighted by Crippen LogP contribution is -2.32. The molecule has 0 heterocycles. The molecule has 1 aromatic rings. The zero-order chi connectivity index (χ0) is 14.3. The molecule has 0 aromatic heterocycles. The maximum absolute atomic E-state index is 12.0. The van der Waals surface area contributed by atoms with Gasteiger partial charge in [0.25, 0.3) is 0 Å². The van der Waals surface area contributed by atoms with Crippen molar-refractivity contribution in [2.75, 3.05) is 19.6 Å². The number of hydrogen-bond donors (Lipinski definition) is 2. The second kappa shape index (κ2) is 8.93. The molecule has 0 saturated heterocycles. The number of nitriles is 1. The Morgan fingerprint density at radius 1 is 1.25 bits per heavy atom. The van der Waals surface area contributed by atoms with E-state index in [9.17, 15) is 8.42 Å². The van der Waals surface area contributed by atoms with Gasteiger partial charge in [0, 0.05) is 13.1 Å². The van der Waals surface area contributed by atoms with E-state index >= 15 is 0 Å². The summed E-state index contributed by atoms with van der Waals surface area (Å²) in [5.74, 6) is 0. The minimum atomic E-state index is -3.49. The minimum Gasteiger partial charge on any atom is -0.315 e. The van der Waals surface area contributed by atoms with E-state index in [0.717, 1.165) is 13.0 Å². The molecule has 0 aliphatic carbocycles. The Bertz CT molecular complexity index is 567. The normalized spacial score (nSPS) is 10.7. The summed E-state index contributed by atoms with van der Waals surface area (Å²) >= 11 is 0. The van der Waals surface area contributed by atoms with E-state index < -0.39 is 10.0 Å². The van der Waals surface area contributed by atoms with Gasteiger partial charge in [0.2, 0.25) is 10.0 Å². The summed E-state index contributed by atoms with van der Waals surface area (Å²) in [5.41, 5.74) is 1.15. The van der Waals surface area contributed by atoms with Crippen LogP contribution in [0.2, 0.25) is 0 Å². The Balaban J connectivity index is 0.00000361. The molecular weight excluding hydrogens is 298 g/mol. The van der Waals surface area contributed by atoms with Gasteiger partial charge in [-0.25, -0.2) is 13.1 Å². The molecule has 0 aliphatic heterocycles. The molecule has 1 aromatic carbocycles. The van der Waals surface area contributed by atoms with E-state index in [-0.39, 0.29) is 17.3 Å². The first-order valence-corrected chi connectivity index (χ1v) is 7.70. The van der Waals surface area contributed by atoms with Gasteiger partial charge in [-0.1, -0.05) is 6.92 Å². The monoisotopic (exact) mass is 317 g/mol. The van der Waals surface area contributed by atoms with Gasteiger partial charge in [0.1, 0.15) is 0 Å². The topological polar surface area (TPSA) is 82.0 Å². The second-order valence-electron chi connectivity index (χ2n) is 4.24. The van der Waals surface area contributed by atoms with E-state index in [1.54, 1.807) is 6.92 Å². The molecule has 0 fully saturated rings. The van der Waals surface area contributed by atoms with Crippen molar-refractivity contribution in [2.24, 2.45) is 0 Å². The van der Waals surface area contributed by atoms with Crippen molar-refractivity contribution < 1.29 is 8.42 Å². The predicted molar refractivity (Wildman–Crippen MR) is 81.5 cm³/mol. The first-order valence-electron chi connectivity index (χ1n) is 6.22. The average molecular weight is 318 g/mol. The molecule has 0 unspecified atom stereocenters. The molecule has 2 N–H and O–H groups in total. The number of sulfonamides is 1. The van der Waals surface area contributed by atoms with E-state index in [1.807, 2.05) is 6.07 Å². The van der Waals surface area contributed by atoms with Crippen molar-refractivity contribution in [3.8, 4) is 6.07 Å². The van der Waals surface area contributed by atoms with Gasteiger partial charge in [-0.2, -0.15) is 5.26 Å². The van der Waals surface area contributed by atoms with Gasteiger partial charge in [0.15, 0.2) is 0 Å². The van der Waals surface area contributed by atoms with Gasteiger partial charge >= 0.3 is 0 Å². The molecule has 0 saturated carbocycles. The van der Waals surface area contributed by atoms with Crippen LogP contribution in [0.4, 0.5) is 0 Å². The third kappa shape index (κ3) is 5.47. The minimum absolute atomic E-state index is 0. The molecule has 0 radical (unpaired) electrons. The highest BCUT2D eigenvalue weighted by Crippen LogP contribution is 2.14. The molecule has 0 amide bonds. The molecule has 0 atom stereocenters. The Kier molecular flexibility index (Phi) is 8.42. The number of nitrogens with zero attached hydrogens (tertiary/aromatic N) is 1. The highest BCUT2D eigenvalue weighted by molar-refractivity contribution is 7.89. The Hall–Kier alpha value is -1.13. The third-order valence-corrected chi connectivity index (χ3v) is 4.11. The van der Waals surface area contributed by atoms with E-state index in [1.165, 1.54) is 18.2 Å². The van der Waals surface area contributed by atoms with Crippen LogP contribution in [0, 0.1) is 18.3 Å². The molecule has 112 valence electrons. The standard InChI is InChI=1S/C13H19N3O2S.ClH/c1-3-6-15-7-8-16-19(17,18)13-5-4-12(10-14)11(2)9-13;/h4-5,9,15-16H,3,6-8H2,1-2H3;1H. The van der Waals surface area contributed by atoms with Crippen LogP contribution < -0.4 is 10.0 Å². The summed E-state index contributed by atoms with van der Waals surface area (Å²) in [4.78, 5) is 0.194. The van der Waals surface area contributed by atoms with Crippen molar-refractivity contribution in [3.05, 3.63) is 29.3 Å². The van der Waals surface area contributed by atoms with Crippen molar-refractivity contribution in [2.45, 2.75) is 25.2 Å². The Morgan fingerprint density at radius 3 is 2.50 bits per heavy atom. The fourth-order valence-corrected chi connectivity index (χ4v) is 2.70. The number of halogens is 1. The van der Waals surface area contributed by atoms with Gasteiger partial charge in [-0.3, -0.25) is 0 Å². The fraction of sp³-hybridized carbons (Fsp3) is 0.462. The van der Waals surface area contributed by atoms with Crippen molar-refractivity contribution in [1.29, 1.82) is 5.26 Å². The molecule has 20 heavy (non-hydrogen) atoms. The second-order valence-corrected chi connectivity index (χ2v) is 6.00. The smallest absolute Gasteiger partial charge is 0.240 e. The summed E-state index contributed by atoms with van der Waals surface area (Å²) in [5, 5.41) is 11.9. The zero-order valence-electron chi connectivity index (χ0n) is 11.6. The SMILES string of the molecule is CCCNCCNS(=O)(=O)c1ccc(C#N)c(C)c1.Cl. The van der Waals surface area contributed by atoms with E-state index in [0.29, 0.717) is 24.2 Å². The maximum Gasteiger partial charge on any atom is 0.240 e. The van der Waals surface area contributed by atoms with Crippen LogP contribution in [0.5, 0.6) is 0 Å². The van der Waals surface area contributed by atoms with Gasteiger partial charge in [-0.15, -0.1) is 12.4 Å². The number of hydrogen-bond acceptors (Lipinski definition) is 4. The van der Waals surface area contributed by atoms with Gasteiger partial charge in [0.05, 0.1) is 16.5 Å². The van der Waals surface area contributed by atoms with Gasteiger partial charge in [-0.05, 0) is 43.7 Å². The van der Waals surface area contributed by atoms with Crippen LogP contribution in [0.1, 0.15) is 24.5 Å². The number of benzene rings is 1. The third-order valence-electron chi connectivity index (χ3n) is 2.65. The Morgan fingerprint density at radius 2 is 1.95 bits per heavy atom. The maximum atomic E-state index is 12.0. The van der Waals surface area contributed by atoms with Crippen molar-refractivity contribution in [3.63, 3.8) is 0 Å². The fourth-order valence-electron chi connectivity index (χ4n) is 1.59. The van der Waals surface area contributed by atoms with Gasteiger partial charge < -0.3 is 5.32 Å². The summed E-state index contributed by atoms with van der Waals surface area (Å²) < 4.78 is 26.5. The quantitative estimate of drug-likeness (QED) is 0.748. The number of nitrogens with one attached hydrogen (secondary N) is 2.